The molecule has 7 nitrogen and oxygen atoms in total. The Bertz CT molecular complexity index is 817. The highest BCUT2D eigenvalue weighted by molar-refractivity contribution is 5.73. The van der Waals surface area contributed by atoms with Crippen LogP contribution < -0.4 is 5.32 Å². The van der Waals surface area contributed by atoms with Gasteiger partial charge in [0.1, 0.15) is 24.4 Å². The number of rotatable bonds is 6. The highest BCUT2D eigenvalue weighted by atomic mass is 16.7. The van der Waals surface area contributed by atoms with E-state index in [-0.39, 0.29) is 12.0 Å². The van der Waals surface area contributed by atoms with E-state index in [1.807, 2.05) is 60.7 Å². The third kappa shape index (κ3) is 4.71. The number of carbonyl (C=O) groups is 1. The summed E-state index contributed by atoms with van der Waals surface area (Å²) in [6, 6.07) is 19.0. The molecule has 2 heterocycles. The van der Waals surface area contributed by atoms with E-state index in [4.69, 9.17) is 23.7 Å². The van der Waals surface area contributed by atoms with E-state index in [1.54, 1.807) is 7.11 Å². The number of carbonyl (C=O) groups excluding carboxylic acids is 1. The monoisotopic (exact) mass is 413 g/mol. The molecule has 0 aliphatic carbocycles. The molecule has 2 aliphatic rings. The van der Waals surface area contributed by atoms with Gasteiger partial charge in [-0.15, -0.1) is 0 Å². The summed E-state index contributed by atoms with van der Waals surface area (Å²) in [6.45, 7) is 2.15. The van der Waals surface area contributed by atoms with Gasteiger partial charge in [0.05, 0.1) is 13.2 Å². The maximum absolute atomic E-state index is 11.9. The molecule has 2 aromatic rings. The number of ether oxygens (including phenoxy) is 5. The van der Waals surface area contributed by atoms with E-state index in [9.17, 15) is 4.79 Å². The summed E-state index contributed by atoms with van der Waals surface area (Å²) in [5.74, 6) is -0.191. The van der Waals surface area contributed by atoms with E-state index >= 15 is 0 Å². The van der Waals surface area contributed by atoms with Crippen molar-refractivity contribution >= 4 is 5.91 Å². The van der Waals surface area contributed by atoms with Crippen molar-refractivity contribution < 1.29 is 28.5 Å². The van der Waals surface area contributed by atoms with Gasteiger partial charge in [0.25, 0.3) is 0 Å². The Labute approximate surface area is 176 Å². The van der Waals surface area contributed by atoms with Crippen molar-refractivity contribution in [1.29, 1.82) is 0 Å². The van der Waals surface area contributed by atoms with Crippen LogP contribution in [0.2, 0.25) is 0 Å². The quantitative estimate of drug-likeness (QED) is 0.785. The first-order chi connectivity index (χ1) is 14.7. The Kier molecular flexibility index (Phi) is 6.76. The Morgan fingerprint density at radius 1 is 1.07 bits per heavy atom. The maximum atomic E-state index is 11.9. The fourth-order valence-corrected chi connectivity index (χ4v) is 3.91. The lowest BCUT2D eigenvalue weighted by Crippen LogP contribution is -2.67. The molecule has 160 valence electrons. The largest absolute Gasteiger partial charge is 0.376 e. The highest BCUT2D eigenvalue weighted by Gasteiger charge is 2.51. The summed E-state index contributed by atoms with van der Waals surface area (Å²) < 4.78 is 30.1. The van der Waals surface area contributed by atoms with Gasteiger partial charge in [0.15, 0.2) is 12.6 Å². The Balaban J connectivity index is 1.51. The summed E-state index contributed by atoms with van der Waals surface area (Å²) in [4.78, 5) is 11.9. The zero-order valence-electron chi connectivity index (χ0n) is 17.1. The lowest BCUT2D eigenvalue weighted by molar-refractivity contribution is -0.347. The van der Waals surface area contributed by atoms with Crippen LogP contribution >= 0.6 is 0 Å². The predicted octanol–water partition coefficient (Wildman–Crippen LogP) is 2.56. The molecule has 2 aliphatic heterocycles. The van der Waals surface area contributed by atoms with Crippen LogP contribution in [0.1, 0.15) is 24.3 Å². The predicted molar refractivity (Wildman–Crippen MR) is 108 cm³/mol. The minimum absolute atomic E-state index is 0.191. The molecular weight excluding hydrogens is 386 g/mol. The first-order valence-electron chi connectivity index (χ1n) is 10.1. The standard InChI is InChI=1S/C23H27NO6/c1-15(25)24-19-21(26-2)20-18(14-28-22(30-20)17-11-7-4-8-12-17)29-23(19)27-13-16-9-5-3-6-10-16/h3-12,18-23H,13-14H2,1-2H3,(H,24,25)/t18-,19-,20-,21-,22-,23-/m1/s1. The highest BCUT2D eigenvalue weighted by Crippen LogP contribution is 2.35. The van der Waals surface area contributed by atoms with Crippen LogP contribution in [-0.2, 0) is 35.1 Å². The van der Waals surface area contributed by atoms with Crippen molar-refractivity contribution in [2.75, 3.05) is 13.7 Å². The second kappa shape index (κ2) is 9.68. The summed E-state index contributed by atoms with van der Waals surface area (Å²) >= 11 is 0. The van der Waals surface area contributed by atoms with Gasteiger partial charge in [-0.25, -0.2) is 0 Å². The Hall–Kier alpha value is -2.29. The molecule has 0 radical (unpaired) electrons. The fourth-order valence-electron chi connectivity index (χ4n) is 3.91. The van der Waals surface area contributed by atoms with Gasteiger partial charge in [0.2, 0.25) is 5.91 Å². The van der Waals surface area contributed by atoms with Gasteiger partial charge in [-0.05, 0) is 5.56 Å². The van der Waals surface area contributed by atoms with Gasteiger partial charge in [-0.3, -0.25) is 4.79 Å². The molecule has 0 saturated carbocycles. The molecule has 0 aromatic heterocycles. The molecular formula is C23H27NO6. The average Bonchev–Trinajstić information content (AvgIpc) is 2.78. The normalized spacial score (nSPS) is 31.0. The summed E-state index contributed by atoms with van der Waals surface area (Å²) in [6.07, 6.45) is -2.46. The van der Waals surface area contributed by atoms with Crippen LogP contribution in [0, 0.1) is 0 Å². The van der Waals surface area contributed by atoms with E-state index < -0.39 is 30.8 Å². The maximum Gasteiger partial charge on any atom is 0.217 e. The molecule has 0 spiro atoms. The third-order valence-corrected chi connectivity index (χ3v) is 5.31. The van der Waals surface area contributed by atoms with Gasteiger partial charge in [-0.2, -0.15) is 0 Å². The van der Waals surface area contributed by atoms with Gasteiger partial charge in [0, 0.05) is 19.6 Å². The lowest BCUT2D eigenvalue weighted by atomic mass is 9.95. The molecule has 4 rings (SSSR count). The second-order valence-corrected chi connectivity index (χ2v) is 7.44. The molecule has 0 bridgehead atoms. The van der Waals surface area contributed by atoms with Crippen molar-refractivity contribution in [3.63, 3.8) is 0 Å². The van der Waals surface area contributed by atoms with Crippen molar-refractivity contribution in [2.24, 2.45) is 0 Å². The molecule has 7 heteroatoms. The zero-order valence-corrected chi connectivity index (χ0v) is 17.1. The molecule has 2 fully saturated rings. The van der Waals surface area contributed by atoms with Crippen molar-refractivity contribution in [1.82, 2.24) is 5.32 Å². The number of nitrogens with one attached hydrogen (secondary N) is 1. The zero-order chi connectivity index (χ0) is 20.9. The minimum Gasteiger partial charge on any atom is -0.376 e. The topological polar surface area (TPSA) is 75.3 Å². The van der Waals surface area contributed by atoms with Gasteiger partial charge < -0.3 is 29.0 Å². The van der Waals surface area contributed by atoms with Gasteiger partial charge >= 0.3 is 0 Å². The molecule has 30 heavy (non-hydrogen) atoms. The van der Waals surface area contributed by atoms with Crippen LogP contribution in [0.4, 0.5) is 0 Å². The number of hydrogen-bond acceptors (Lipinski definition) is 6. The fraction of sp³-hybridized carbons (Fsp3) is 0.435. The molecule has 1 amide bonds. The smallest absolute Gasteiger partial charge is 0.217 e. The molecule has 0 unspecified atom stereocenters. The summed E-state index contributed by atoms with van der Waals surface area (Å²) in [5, 5.41) is 2.92. The first kappa shape index (κ1) is 21.0. The van der Waals surface area contributed by atoms with E-state index in [1.165, 1.54) is 6.92 Å². The Morgan fingerprint density at radius 3 is 2.43 bits per heavy atom. The molecule has 2 saturated heterocycles. The third-order valence-electron chi connectivity index (χ3n) is 5.31. The van der Waals surface area contributed by atoms with Crippen LogP contribution in [-0.4, -0.2) is 50.3 Å². The van der Waals surface area contributed by atoms with Crippen LogP contribution in [0.25, 0.3) is 0 Å². The van der Waals surface area contributed by atoms with Crippen molar-refractivity contribution in [3.8, 4) is 0 Å². The number of fused-ring (bicyclic) bond motifs is 1. The van der Waals surface area contributed by atoms with E-state index in [0.717, 1.165) is 11.1 Å². The van der Waals surface area contributed by atoms with E-state index in [0.29, 0.717) is 13.2 Å². The average molecular weight is 413 g/mol. The van der Waals surface area contributed by atoms with Crippen LogP contribution in [0.15, 0.2) is 60.7 Å². The van der Waals surface area contributed by atoms with Gasteiger partial charge in [-0.1, -0.05) is 60.7 Å². The number of amides is 1. The van der Waals surface area contributed by atoms with Crippen molar-refractivity contribution in [2.45, 2.75) is 50.5 Å². The second-order valence-electron chi connectivity index (χ2n) is 7.44. The summed E-state index contributed by atoms with van der Waals surface area (Å²) in [7, 11) is 1.60. The molecule has 6 atom stereocenters. The summed E-state index contributed by atoms with van der Waals surface area (Å²) in [5.41, 5.74) is 1.93. The first-order valence-corrected chi connectivity index (χ1v) is 10.1. The number of benzene rings is 2. The SMILES string of the molecule is CO[C@@H]1[C@@H](NC(C)=O)[C@H](OCc2ccccc2)O[C@@H]2CO[C@@H](c3ccccc3)O[C@@H]12. The Morgan fingerprint density at radius 2 is 1.77 bits per heavy atom. The number of hydrogen-bond donors (Lipinski definition) is 1. The van der Waals surface area contributed by atoms with Crippen molar-refractivity contribution in [3.05, 3.63) is 71.8 Å². The van der Waals surface area contributed by atoms with Crippen LogP contribution in [0.3, 0.4) is 0 Å². The van der Waals surface area contributed by atoms with E-state index in [2.05, 4.69) is 5.32 Å². The van der Waals surface area contributed by atoms with Crippen LogP contribution in [0.5, 0.6) is 0 Å². The number of methoxy groups -OCH3 is 1. The lowest BCUT2D eigenvalue weighted by Gasteiger charge is -2.48. The minimum atomic E-state index is -0.694. The molecule has 2 aromatic carbocycles. The molecule has 1 N–H and O–H groups in total.